The van der Waals surface area contributed by atoms with Gasteiger partial charge in [0.2, 0.25) is 12.0 Å². The van der Waals surface area contributed by atoms with Gasteiger partial charge in [0.05, 0.1) is 25.9 Å². The fourth-order valence-electron chi connectivity index (χ4n) is 3.32. The van der Waals surface area contributed by atoms with Crippen LogP contribution in [0.3, 0.4) is 0 Å². The average Bonchev–Trinajstić information content (AvgIpc) is 3.12. The number of nitrogens with zero attached hydrogens (tertiary/aromatic N) is 4. The second-order valence-electron chi connectivity index (χ2n) is 8.46. The van der Waals surface area contributed by atoms with Gasteiger partial charge in [-0.05, 0) is 33.8 Å². The van der Waals surface area contributed by atoms with Crippen LogP contribution in [-0.2, 0) is 28.6 Å². The number of hydrogen-bond acceptors (Lipinski definition) is 9. The first-order valence-corrected chi connectivity index (χ1v) is 10.4. The van der Waals surface area contributed by atoms with E-state index >= 15 is 0 Å². The van der Waals surface area contributed by atoms with E-state index in [-0.39, 0.29) is 13.2 Å². The second kappa shape index (κ2) is 9.57. The van der Waals surface area contributed by atoms with Gasteiger partial charge in [-0.3, -0.25) is 14.5 Å². The number of aryl methyl sites for hydroxylation is 1. The summed E-state index contributed by atoms with van der Waals surface area (Å²) in [6, 6.07) is 5.21. The SMILES string of the molecule is COc1cc(-n2nc(N3CCO[C@H]([C@@H](OC(C)=O)C(=O)OC(C)(C)C)C3=O)cc2C)ccn1. The molecule has 1 aliphatic heterocycles. The third kappa shape index (κ3) is 5.67. The van der Waals surface area contributed by atoms with Crippen LogP contribution in [0, 0.1) is 6.92 Å². The Labute approximate surface area is 191 Å². The van der Waals surface area contributed by atoms with Crippen molar-refractivity contribution < 1.29 is 33.3 Å². The summed E-state index contributed by atoms with van der Waals surface area (Å²) in [7, 11) is 1.52. The first-order chi connectivity index (χ1) is 15.5. The van der Waals surface area contributed by atoms with Crippen molar-refractivity contribution in [3.63, 3.8) is 0 Å². The highest BCUT2D eigenvalue weighted by atomic mass is 16.6. The molecule has 0 unspecified atom stereocenters. The molecule has 1 aliphatic rings. The molecule has 3 rings (SSSR count). The van der Waals surface area contributed by atoms with Gasteiger partial charge in [-0.1, -0.05) is 0 Å². The first kappa shape index (κ1) is 24.2. The van der Waals surface area contributed by atoms with Crippen LogP contribution in [0.2, 0.25) is 0 Å². The zero-order valence-corrected chi connectivity index (χ0v) is 19.5. The molecule has 0 N–H and O–H groups in total. The van der Waals surface area contributed by atoms with Crippen LogP contribution < -0.4 is 9.64 Å². The van der Waals surface area contributed by atoms with E-state index in [1.165, 1.54) is 12.0 Å². The Morgan fingerprint density at radius 2 is 2.00 bits per heavy atom. The Kier molecular flexibility index (Phi) is 7.01. The molecule has 2 aromatic rings. The van der Waals surface area contributed by atoms with E-state index in [1.54, 1.807) is 49.8 Å². The molecular formula is C22H28N4O7. The zero-order chi connectivity index (χ0) is 24.3. The van der Waals surface area contributed by atoms with Crippen molar-refractivity contribution in [1.29, 1.82) is 0 Å². The minimum Gasteiger partial charge on any atom is -0.481 e. The van der Waals surface area contributed by atoms with Crippen LogP contribution in [0.4, 0.5) is 5.82 Å². The number of pyridine rings is 1. The molecule has 33 heavy (non-hydrogen) atoms. The molecule has 0 aliphatic carbocycles. The highest BCUT2D eigenvalue weighted by Gasteiger charge is 2.45. The molecule has 1 saturated heterocycles. The van der Waals surface area contributed by atoms with E-state index in [0.29, 0.717) is 17.4 Å². The smallest absolute Gasteiger partial charge is 0.351 e. The Balaban J connectivity index is 1.89. The highest BCUT2D eigenvalue weighted by Crippen LogP contribution is 2.25. The van der Waals surface area contributed by atoms with E-state index in [4.69, 9.17) is 18.9 Å². The largest absolute Gasteiger partial charge is 0.481 e. The monoisotopic (exact) mass is 460 g/mol. The maximum absolute atomic E-state index is 13.3. The van der Waals surface area contributed by atoms with Crippen LogP contribution in [0.1, 0.15) is 33.4 Å². The number of carbonyl (C=O) groups excluding carboxylic acids is 3. The number of esters is 2. The van der Waals surface area contributed by atoms with Gasteiger partial charge in [-0.15, -0.1) is 5.10 Å². The number of aromatic nitrogens is 3. The molecule has 11 heteroatoms. The number of methoxy groups -OCH3 is 1. The van der Waals surface area contributed by atoms with Crippen LogP contribution in [0.25, 0.3) is 5.69 Å². The summed E-state index contributed by atoms with van der Waals surface area (Å²) in [6.07, 6.45) is -1.30. The maximum atomic E-state index is 13.3. The normalized spacial score (nSPS) is 17.5. The van der Waals surface area contributed by atoms with E-state index in [2.05, 4.69) is 10.1 Å². The standard InChI is InChI=1S/C22H28N4O7/c1-13-11-16(24-26(13)15-7-8-23-17(12-15)30-6)25-9-10-31-18(20(25)28)19(32-14(2)27)21(29)33-22(3,4)5/h7-8,11-12,18-19H,9-10H2,1-6H3/t18-,19-/m1/s1. The van der Waals surface area contributed by atoms with Gasteiger partial charge in [-0.25, -0.2) is 14.5 Å². The highest BCUT2D eigenvalue weighted by molar-refractivity contribution is 6.00. The molecule has 178 valence electrons. The quantitative estimate of drug-likeness (QED) is 0.591. The summed E-state index contributed by atoms with van der Waals surface area (Å²) in [5, 5.41) is 4.55. The molecule has 2 atom stereocenters. The summed E-state index contributed by atoms with van der Waals surface area (Å²) in [5.41, 5.74) is 0.626. The fourth-order valence-corrected chi connectivity index (χ4v) is 3.32. The molecule has 0 radical (unpaired) electrons. The molecule has 1 amide bonds. The molecule has 0 spiro atoms. The lowest BCUT2D eigenvalue weighted by atomic mass is 10.1. The molecule has 0 aromatic carbocycles. The van der Waals surface area contributed by atoms with Crippen molar-refractivity contribution >= 4 is 23.7 Å². The number of carbonyl (C=O) groups is 3. The van der Waals surface area contributed by atoms with Crippen molar-refractivity contribution in [3.8, 4) is 11.6 Å². The molecule has 0 saturated carbocycles. The van der Waals surface area contributed by atoms with Crippen LogP contribution >= 0.6 is 0 Å². The van der Waals surface area contributed by atoms with Crippen molar-refractivity contribution in [2.75, 3.05) is 25.2 Å². The fraction of sp³-hybridized carbons (Fsp3) is 0.500. The van der Waals surface area contributed by atoms with Crippen LogP contribution in [-0.4, -0.2) is 70.7 Å². The summed E-state index contributed by atoms with van der Waals surface area (Å²) in [6.45, 7) is 8.35. The van der Waals surface area contributed by atoms with Gasteiger partial charge < -0.3 is 18.9 Å². The van der Waals surface area contributed by atoms with Crippen LogP contribution in [0.5, 0.6) is 5.88 Å². The summed E-state index contributed by atoms with van der Waals surface area (Å²) in [4.78, 5) is 43.1. The Bertz CT molecular complexity index is 1040. The molecular weight excluding hydrogens is 432 g/mol. The Hall–Kier alpha value is -3.47. The van der Waals surface area contributed by atoms with E-state index in [0.717, 1.165) is 12.6 Å². The maximum Gasteiger partial charge on any atom is 0.351 e. The molecule has 1 fully saturated rings. The summed E-state index contributed by atoms with van der Waals surface area (Å²) >= 11 is 0. The van der Waals surface area contributed by atoms with E-state index in [9.17, 15) is 14.4 Å². The summed E-state index contributed by atoms with van der Waals surface area (Å²) in [5.74, 6) is -1.36. The third-order valence-electron chi connectivity index (χ3n) is 4.65. The number of hydrogen-bond donors (Lipinski definition) is 0. The van der Waals surface area contributed by atoms with Gasteiger partial charge in [-0.2, -0.15) is 0 Å². The van der Waals surface area contributed by atoms with Gasteiger partial charge in [0.1, 0.15) is 5.60 Å². The van der Waals surface area contributed by atoms with Crippen molar-refractivity contribution in [1.82, 2.24) is 14.8 Å². The number of morpholine rings is 1. The summed E-state index contributed by atoms with van der Waals surface area (Å²) < 4.78 is 22.9. The Morgan fingerprint density at radius 3 is 2.64 bits per heavy atom. The van der Waals surface area contributed by atoms with Crippen molar-refractivity contribution in [2.45, 2.75) is 52.4 Å². The molecule has 11 nitrogen and oxygen atoms in total. The average molecular weight is 460 g/mol. The minimum absolute atomic E-state index is 0.117. The van der Waals surface area contributed by atoms with Crippen molar-refractivity contribution in [2.24, 2.45) is 0 Å². The van der Waals surface area contributed by atoms with E-state index < -0.39 is 35.7 Å². The molecule has 2 aromatic heterocycles. The van der Waals surface area contributed by atoms with Gasteiger partial charge in [0.15, 0.2) is 11.9 Å². The van der Waals surface area contributed by atoms with Gasteiger partial charge in [0.25, 0.3) is 5.91 Å². The van der Waals surface area contributed by atoms with Crippen LogP contribution in [0.15, 0.2) is 24.4 Å². The number of anilines is 1. The lowest BCUT2D eigenvalue weighted by molar-refractivity contribution is -0.188. The second-order valence-corrected chi connectivity index (χ2v) is 8.46. The first-order valence-electron chi connectivity index (χ1n) is 10.4. The van der Waals surface area contributed by atoms with Crippen molar-refractivity contribution in [3.05, 3.63) is 30.1 Å². The predicted molar refractivity (Wildman–Crippen MR) is 116 cm³/mol. The number of amides is 1. The Morgan fingerprint density at radius 1 is 1.27 bits per heavy atom. The minimum atomic E-state index is -1.54. The lowest BCUT2D eigenvalue weighted by Gasteiger charge is -2.34. The third-order valence-corrected chi connectivity index (χ3v) is 4.65. The zero-order valence-electron chi connectivity index (χ0n) is 19.5. The number of ether oxygens (including phenoxy) is 4. The van der Waals surface area contributed by atoms with Gasteiger partial charge >= 0.3 is 11.9 Å². The predicted octanol–water partition coefficient (Wildman–Crippen LogP) is 1.59. The lowest BCUT2D eigenvalue weighted by Crippen LogP contribution is -2.56. The number of rotatable bonds is 6. The van der Waals surface area contributed by atoms with E-state index in [1.807, 2.05) is 6.92 Å². The molecule has 0 bridgehead atoms. The topological polar surface area (TPSA) is 122 Å². The van der Waals surface area contributed by atoms with Gasteiger partial charge in [0, 0.05) is 30.9 Å². The molecule has 3 heterocycles.